The van der Waals surface area contributed by atoms with Gasteiger partial charge >= 0.3 is 0 Å². The summed E-state index contributed by atoms with van der Waals surface area (Å²) in [4.78, 5) is 5.02. The van der Waals surface area contributed by atoms with Crippen LogP contribution < -0.4 is 0 Å². The summed E-state index contributed by atoms with van der Waals surface area (Å²) in [5.74, 6) is 0. The Kier molecular flexibility index (Phi) is 3.73. The smallest absolute Gasteiger partial charge is 0.165 e. The first-order chi connectivity index (χ1) is 7.11. The molecular formula is C6H10N6O3. The summed E-state index contributed by atoms with van der Waals surface area (Å²) in [6.45, 7) is 1.54. The monoisotopic (exact) mass is 214 g/mol. The van der Waals surface area contributed by atoms with Crippen LogP contribution >= 0.6 is 0 Å². The van der Waals surface area contributed by atoms with Crippen LogP contribution in [0.25, 0.3) is 20.9 Å². The lowest BCUT2D eigenvalue weighted by Crippen LogP contribution is -2.54. The predicted molar refractivity (Wildman–Crippen MR) is 48.4 cm³/mol. The van der Waals surface area contributed by atoms with Crippen molar-refractivity contribution in [1.82, 2.24) is 0 Å². The molecule has 0 aliphatic carbocycles. The highest BCUT2D eigenvalue weighted by Gasteiger charge is 2.41. The predicted octanol–water partition coefficient (Wildman–Crippen LogP) is 0.442. The standard InChI is InChI=1S/C6H10N6O3/c1-2-3(9-11-7)5(13)4(10-12-8)6(14)15-2/h2-6,13-14H,1H3/t2?,3-,4?,5+,6?/m1/s1. The van der Waals surface area contributed by atoms with Gasteiger partial charge in [-0.05, 0) is 18.0 Å². The molecule has 2 N–H and O–H groups in total. The van der Waals surface area contributed by atoms with E-state index in [1.54, 1.807) is 0 Å². The first kappa shape index (κ1) is 11.6. The van der Waals surface area contributed by atoms with Crippen LogP contribution in [0.15, 0.2) is 10.2 Å². The van der Waals surface area contributed by atoms with Crippen molar-refractivity contribution in [3.05, 3.63) is 20.9 Å². The molecule has 0 aromatic rings. The molecule has 9 heteroatoms. The third kappa shape index (κ3) is 2.30. The lowest BCUT2D eigenvalue weighted by Gasteiger charge is -2.37. The third-order valence-electron chi connectivity index (χ3n) is 2.20. The topological polar surface area (TPSA) is 147 Å². The minimum absolute atomic E-state index is 0.643. The minimum atomic E-state index is -1.39. The molecule has 0 saturated carbocycles. The number of azide groups is 2. The highest BCUT2D eigenvalue weighted by atomic mass is 16.6. The Balaban J connectivity index is 2.92. The molecule has 1 saturated heterocycles. The molecule has 9 nitrogen and oxygen atoms in total. The van der Waals surface area contributed by atoms with Gasteiger partial charge in [0, 0.05) is 9.82 Å². The molecule has 3 unspecified atom stereocenters. The van der Waals surface area contributed by atoms with E-state index >= 15 is 0 Å². The Labute approximate surface area is 84.5 Å². The zero-order valence-electron chi connectivity index (χ0n) is 7.87. The van der Waals surface area contributed by atoms with Gasteiger partial charge in [0.25, 0.3) is 0 Å². The van der Waals surface area contributed by atoms with E-state index in [4.69, 9.17) is 15.8 Å². The van der Waals surface area contributed by atoms with Crippen LogP contribution in [0.3, 0.4) is 0 Å². The maximum absolute atomic E-state index is 9.66. The Hall–Kier alpha value is -1.50. The van der Waals surface area contributed by atoms with E-state index in [0.29, 0.717) is 0 Å². The summed E-state index contributed by atoms with van der Waals surface area (Å²) in [7, 11) is 0. The van der Waals surface area contributed by atoms with E-state index in [9.17, 15) is 10.2 Å². The quantitative estimate of drug-likeness (QED) is 0.390. The molecule has 0 radical (unpaired) electrons. The average Bonchev–Trinajstić information content (AvgIpc) is 2.19. The Morgan fingerprint density at radius 1 is 1.13 bits per heavy atom. The van der Waals surface area contributed by atoms with Crippen molar-refractivity contribution in [2.24, 2.45) is 10.2 Å². The molecule has 1 aliphatic rings. The number of hydrogen-bond donors (Lipinski definition) is 2. The van der Waals surface area contributed by atoms with Crippen molar-refractivity contribution in [1.29, 1.82) is 0 Å². The molecule has 1 rings (SSSR count). The van der Waals surface area contributed by atoms with Gasteiger partial charge < -0.3 is 14.9 Å². The average molecular weight is 214 g/mol. The molecule has 0 aromatic heterocycles. The van der Waals surface area contributed by atoms with Gasteiger partial charge in [-0.15, -0.1) is 0 Å². The molecule has 0 spiro atoms. The number of ether oxygens (including phenoxy) is 1. The van der Waals surface area contributed by atoms with Gasteiger partial charge in [0.1, 0.15) is 6.04 Å². The summed E-state index contributed by atoms with van der Waals surface area (Å²) in [6.07, 6.45) is -3.29. The van der Waals surface area contributed by atoms with Gasteiger partial charge in [0.05, 0.1) is 18.2 Å². The Bertz CT molecular complexity index is 293. The number of aliphatic hydroxyl groups excluding tert-OH is 2. The van der Waals surface area contributed by atoms with Crippen molar-refractivity contribution in [2.75, 3.05) is 0 Å². The van der Waals surface area contributed by atoms with E-state index in [0.717, 1.165) is 0 Å². The number of nitrogens with zero attached hydrogens (tertiary/aromatic N) is 6. The molecule has 1 heterocycles. The van der Waals surface area contributed by atoms with Crippen LogP contribution in [0.1, 0.15) is 6.92 Å². The maximum atomic E-state index is 9.66. The van der Waals surface area contributed by atoms with Gasteiger partial charge in [-0.2, -0.15) is 0 Å². The fraction of sp³-hybridized carbons (Fsp3) is 1.00. The summed E-state index contributed by atoms with van der Waals surface area (Å²) >= 11 is 0. The van der Waals surface area contributed by atoms with Crippen molar-refractivity contribution in [2.45, 2.75) is 37.5 Å². The van der Waals surface area contributed by atoms with E-state index in [2.05, 4.69) is 20.1 Å². The number of rotatable bonds is 2. The second kappa shape index (κ2) is 4.83. The lowest BCUT2D eigenvalue weighted by molar-refractivity contribution is -0.202. The van der Waals surface area contributed by atoms with Crippen molar-refractivity contribution in [3.63, 3.8) is 0 Å². The van der Waals surface area contributed by atoms with E-state index < -0.39 is 30.6 Å². The summed E-state index contributed by atoms with van der Waals surface area (Å²) < 4.78 is 4.95. The van der Waals surface area contributed by atoms with Gasteiger partial charge in [0.2, 0.25) is 0 Å². The largest absolute Gasteiger partial charge is 0.392 e. The van der Waals surface area contributed by atoms with Crippen LogP contribution in [0.4, 0.5) is 0 Å². The van der Waals surface area contributed by atoms with Gasteiger partial charge in [0.15, 0.2) is 6.29 Å². The number of hydrogen-bond acceptors (Lipinski definition) is 5. The van der Waals surface area contributed by atoms with Crippen molar-refractivity contribution >= 4 is 0 Å². The van der Waals surface area contributed by atoms with Gasteiger partial charge in [-0.1, -0.05) is 10.2 Å². The molecular weight excluding hydrogens is 204 g/mol. The van der Waals surface area contributed by atoms with Crippen molar-refractivity contribution < 1.29 is 14.9 Å². The molecule has 15 heavy (non-hydrogen) atoms. The van der Waals surface area contributed by atoms with Gasteiger partial charge in [-0.3, -0.25) is 0 Å². The lowest BCUT2D eigenvalue weighted by atomic mass is 9.96. The maximum Gasteiger partial charge on any atom is 0.165 e. The molecule has 0 bridgehead atoms. The molecule has 1 fully saturated rings. The first-order valence-electron chi connectivity index (χ1n) is 4.21. The third-order valence-corrected chi connectivity index (χ3v) is 2.20. The summed E-state index contributed by atoms with van der Waals surface area (Å²) in [6, 6.07) is -2.05. The van der Waals surface area contributed by atoms with E-state index in [1.807, 2.05) is 0 Å². The highest BCUT2D eigenvalue weighted by Crippen LogP contribution is 2.24. The van der Waals surface area contributed by atoms with Crippen molar-refractivity contribution in [3.8, 4) is 0 Å². The van der Waals surface area contributed by atoms with Crippen LogP contribution in [-0.2, 0) is 4.74 Å². The van der Waals surface area contributed by atoms with Crippen LogP contribution in [0.5, 0.6) is 0 Å². The highest BCUT2D eigenvalue weighted by molar-refractivity contribution is 4.95. The van der Waals surface area contributed by atoms with E-state index in [-0.39, 0.29) is 0 Å². The summed E-state index contributed by atoms with van der Waals surface area (Å²) in [5, 5.41) is 25.5. The molecule has 5 atom stereocenters. The minimum Gasteiger partial charge on any atom is -0.392 e. The second-order valence-corrected chi connectivity index (χ2v) is 3.11. The fourth-order valence-electron chi connectivity index (χ4n) is 1.44. The van der Waals surface area contributed by atoms with Gasteiger partial charge in [-0.25, -0.2) is 0 Å². The second-order valence-electron chi connectivity index (χ2n) is 3.11. The zero-order valence-corrected chi connectivity index (χ0v) is 7.87. The SMILES string of the molecule is CC1OC(O)C(N=[N+]=[N-])[C@@H](O)[C@@H]1N=[N+]=[N-]. The first-order valence-corrected chi connectivity index (χ1v) is 4.21. The summed E-state index contributed by atoms with van der Waals surface area (Å²) in [5.41, 5.74) is 16.5. The molecule has 1 aliphatic heterocycles. The molecule has 82 valence electrons. The van der Waals surface area contributed by atoms with E-state index in [1.165, 1.54) is 6.92 Å². The van der Waals surface area contributed by atoms with Crippen LogP contribution in [-0.4, -0.2) is 40.8 Å². The fourth-order valence-corrected chi connectivity index (χ4v) is 1.44. The molecule has 0 aromatic carbocycles. The number of aliphatic hydroxyl groups is 2. The zero-order chi connectivity index (χ0) is 11.4. The van der Waals surface area contributed by atoms with Crippen LogP contribution in [0, 0.1) is 0 Å². The molecule has 0 amide bonds. The Morgan fingerprint density at radius 2 is 1.67 bits per heavy atom. The van der Waals surface area contributed by atoms with Crippen LogP contribution in [0.2, 0.25) is 0 Å². The normalized spacial score (nSPS) is 40.1. The Morgan fingerprint density at radius 3 is 2.20 bits per heavy atom.